The second-order valence-corrected chi connectivity index (χ2v) is 5.21. The summed E-state index contributed by atoms with van der Waals surface area (Å²) in [5.41, 5.74) is 4.47. The van der Waals surface area contributed by atoms with Gasteiger partial charge in [-0.25, -0.2) is 4.98 Å². The summed E-state index contributed by atoms with van der Waals surface area (Å²) >= 11 is 0. The maximum atomic E-state index is 4.70. The lowest BCUT2D eigenvalue weighted by Crippen LogP contribution is -2.14. The topological polar surface area (TPSA) is 53.6 Å². The van der Waals surface area contributed by atoms with Gasteiger partial charge in [-0.15, -0.1) is 0 Å². The monoisotopic (exact) mass is 264 g/mol. The van der Waals surface area contributed by atoms with Crippen LogP contribution in [0.25, 0.3) is 22.4 Å². The Hall–Kier alpha value is -2.20. The van der Waals surface area contributed by atoms with Crippen LogP contribution in [0.2, 0.25) is 0 Å². The minimum atomic E-state index is 0.395. The Bertz CT molecular complexity index is 708. The lowest BCUT2D eigenvalue weighted by Gasteiger charge is -2.13. The van der Waals surface area contributed by atoms with Gasteiger partial charge in [0.2, 0.25) is 0 Å². The molecule has 100 valence electrons. The minimum Gasteiger partial charge on any atom is -0.338 e. The zero-order valence-corrected chi connectivity index (χ0v) is 11.1. The molecular formula is C16H16N4. The third-order valence-corrected chi connectivity index (χ3v) is 3.93. The number of aromatic nitrogens is 3. The van der Waals surface area contributed by atoms with Crippen LogP contribution in [0.5, 0.6) is 0 Å². The van der Waals surface area contributed by atoms with Crippen molar-refractivity contribution < 1.29 is 0 Å². The van der Waals surface area contributed by atoms with Gasteiger partial charge in [0.1, 0.15) is 5.82 Å². The van der Waals surface area contributed by atoms with E-state index in [-0.39, 0.29) is 0 Å². The van der Waals surface area contributed by atoms with Crippen molar-refractivity contribution >= 4 is 11.0 Å². The van der Waals surface area contributed by atoms with E-state index in [1.54, 1.807) is 0 Å². The Balaban J connectivity index is 1.84. The van der Waals surface area contributed by atoms with Gasteiger partial charge >= 0.3 is 0 Å². The predicted octanol–water partition coefficient (Wildman–Crippen LogP) is 3.05. The maximum absolute atomic E-state index is 4.70. The van der Waals surface area contributed by atoms with E-state index in [1.165, 1.54) is 18.4 Å². The molecule has 4 heteroatoms. The number of hydrogen-bond donors (Lipinski definition) is 2. The van der Waals surface area contributed by atoms with Crippen LogP contribution in [0, 0.1) is 0 Å². The molecule has 2 N–H and O–H groups in total. The van der Waals surface area contributed by atoms with Crippen LogP contribution < -0.4 is 5.32 Å². The van der Waals surface area contributed by atoms with E-state index in [0.717, 1.165) is 29.0 Å². The van der Waals surface area contributed by atoms with E-state index in [4.69, 9.17) is 4.98 Å². The molecule has 3 aromatic rings. The van der Waals surface area contributed by atoms with Gasteiger partial charge in [0.25, 0.3) is 0 Å². The lowest BCUT2D eigenvalue weighted by atomic mass is 10.0. The molecule has 1 aliphatic rings. The summed E-state index contributed by atoms with van der Waals surface area (Å²) in [5.74, 6) is 0.928. The van der Waals surface area contributed by atoms with Crippen molar-refractivity contribution in [2.75, 3.05) is 6.54 Å². The summed E-state index contributed by atoms with van der Waals surface area (Å²) in [5, 5.41) is 3.54. The van der Waals surface area contributed by atoms with Crippen LogP contribution in [0.4, 0.5) is 0 Å². The molecule has 4 nitrogen and oxygen atoms in total. The fraction of sp³-hybridized carbons (Fsp3) is 0.250. The summed E-state index contributed by atoms with van der Waals surface area (Å²) in [6.45, 7) is 1.08. The number of hydrogen-bond acceptors (Lipinski definition) is 3. The molecule has 1 aliphatic heterocycles. The maximum Gasteiger partial charge on any atom is 0.138 e. The Morgan fingerprint density at radius 1 is 1.15 bits per heavy atom. The van der Waals surface area contributed by atoms with Gasteiger partial charge in [-0.3, -0.25) is 4.98 Å². The Morgan fingerprint density at radius 3 is 2.95 bits per heavy atom. The number of benzene rings is 1. The number of para-hydroxylation sites is 2. The number of pyridine rings is 1. The van der Waals surface area contributed by atoms with Crippen molar-refractivity contribution in [3.05, 3.63) is 48.3 Å². The van der Waals surface area contributed by atoms with Gasteiger partial charge in [-0.2, -0.15) is 0 Å². The molecule has 0 amide bonds. The van der Waals surface area contributed by atoms with E-state index in [1.807, 2.05) is 36.7 Å². The van der Waals surface area contributed by atoms with Crippen LogP contribution in [0.1, 0.15) is 24.4 Å². The number of rotatable bonds is 2. The van der Waals surface area contributed by atoms with Gasteiger partial charge in [-0.1, -0.05) is 12.1 Å². The van der Waals surface area contributed by atoms with Crippen molar-refractivity contribution in [1.82, 2.24) is 20.3 Å². The number of aromatic amines is 1. The van der Waals surface area contributed by atoms with Crippen LogP contribution in [-0.2, 0) is 0 Å². The second-order valence-electron chi connectivity index (χ2n) is 5.21. The molecular weight excluding hydrogens is 248 g/mol. The van der Waals surface area contributed by atoms with E-state index in [2.05, 4.69) is 21.4 Å². The molecule has 0 saturated carbocycles. The van der Waals surface area contributed by atoms with E-state index in [9.17, 15) is 0 Å². The number of H-pyrrole nitrogens is 1. The van der Waals surface area contributed by atoms with Crippen molar-refractivity contribution in [3.63, 3.8) is 0 Å². The molecule has 1 saturated heterocycles. The SMILES string of the molecule is c1ccc2[nH]c(-c3ccncc3[C@@H]3CCCN3)nc2c1. The molecule has 0 unspecified atom stereocenters. The molecule has 0 bridgehead atoms. The van der Waals surface area contributed by atoms with Crippen LogP contribution >= 0.6 is 0 Å². The van der Waals surface area contributed by atoms with Crippen molar-refractivity contribution in [2.24, 2.45) is 0 Å². The normalized spacial score (nSPS) is 18.7. The minimum absolute atomic E-state index is 0.395. The average Bonchev–Trinajstić information content (AvgIpc) is 3.16. The summed E-state index contributed by atoms with van der Waals surface area (Å²) in [6.07, 6.45) is 6.19. The number of fused-ring (bicyclic) bond motifs is 1. The summed E-state index contributed by atoms with van der Waals surface area (Å²) < 4.78 is 0. The Labute approximate surface area is 117 Å². The summed E-state index contributed by atoms with van der Waals surface area (Å²) in [7, 11) is 0. The quantitative estimate of drug-likeness (QED) is 0.748. The van der Waals surface area contributed by atoms with Crippen molar-refractivity contribution in [1.29, 1.82) is 0 Å². The number of nitrogens with zero attached hydrogens (tertiary/aromatic N) is 2. The first-order valence-electron chi connectivity index (χ1n) is 7.04. The number of nitrogens with one attached hydrogen (secondary N) is 2. The highest BCUT2D eigenvalue weighted by Gasteiger charge is 2.21. The van der Waals surface area contributed by atoms with Gasteiger partial charge < -0.3 is 10.3 Å². The zero-order chi connectivity index (χ0) is 13.4. The first-order valence-corrected chi connectivity index (χ1v) is 7.04. The molecule has 0 spiro atoms. The van der Waals surface area contributed by atoms with E-state index in [0.29, 0.717) is 6.04 Å². The van der Waals surface area contributed by atoms with Crippen LogP contribution in [0.15, 0.2) is 42.7 Å². The van der Waals surface area contributed by atoms with Crippen LogP contribution in [-0.4, -0.2) is 21.5 Å². The first-order chi connectivity index (χ1) is 9.92. The average molecular weight is 264 g/mol. The molecule has 20 heavy (non-hydrogen) atoms. The smallest absolute Gasteiger partial charge is 0.138 e. The van der Waals surface area contributed by atoms with E-state index >= 15 is 0 Å². The first kappa shape index (κ1) is 11.6. The molecule has 1 atom stereocenters. The molecule has 1 aromatic carbocycles. The van der Waals surface area contributed by atoms with Gasteiger partial charge in [-0.05, 0) is 43.1 Å². The largest absolute Gasteiger partial charge is 0.338 e. The van der Waals surface area contributed by atoms with E-state index < -0.39 is 0 Å². The van der Waals surface area contributed by atoms with Crippen molar-refractivity contribution in [2.45, 2.75) is 18.9 Å². The van der Waals surface area contributed by atoms with Gasteiger partial charge in [0, 0.05) is 24.0 Å². The summed E-state index contributed by atoms with van der Waals surface area (Å²) in [6, 6.07) is 10.6. The molecule has 0 aliphatic carbocycles. The Morgan fingerprint density at radius 2 is 2.10 bits per heavy atom. The fourth-order valence-electron chi connectivity index (χ4n) is 2.93. The molecule has 1 fully saturated rings. The second kappa shape index (κ2) is 4.72. The highest BCUT2D eigenvalue weighted by Crippen LogP contribution is 2.31. The molecule has 0 radical (unpaired) electrons. The predicted molar refractivity (Wildman–Crippen MR) is 79.3 cm³/mol. The molecule has 2 aromatic heterocycles. The molecule has 3 heterocycles. The summed E-state index contributed by atoms with van der Waals surface area (Å²) in [4.78, 5) is 12.4. The van der Waals surface area contributed by atoms with Gasteiger partial charge in [0.15, 0.2) is 0 Å². The third kappa shape index (κ3) is 1.89. The highest BCUT2D eigenvalue weighted by atomic mass is 15.0. The zero-order valence-electron chi connectivity index (χ0n) is 11.1. The lowest BCUT2D eigenvalue weighted by molar-refractivity contribution is 0.646. The van der Waals surface area contributed by atoms with Crippen molar-refractivity contribution in [3.8, 4) is 11.4 Å². The third-order valence-electron chi connectivity index (χ3n) is 3.93. The number of imidazole rings is 1. The van der Waals surface area contributed by atoms with Crippen LogP contribution in [0.3, 0.4) is 0 Å². The molecule has 4 rings (SSSR count). The standard InChI is InChI=1S/C16H16N4/c1-2-5-15-14(4-1)19-16(20-15)11-7-9-17-10-12(11)13-6-3-8-18-13/h1-2,4-5,7,9-10,13,18H,3,6,8H2,(H,19,20)/t13-/m0/s1. The highest BCUT2D eigenvalue weighted by molar-refractivity contribution is 5.79. The Kier molecular flexibility index (Phi) is 2.74. The van der Waals surface area contributed by atoms with Gasteiger partial charge in [0.05, 0.1) is 11.0 Å². The fourth-order valence-corrected chi connectivity index (χ4v) is 2.93.